The van der Waals surface area contributed by atoms with Crippen LogP contribution in [-0.4, -0.2) is 26.0 Å². The number of hydrogen-bond acceptors (Lipinski definition) is 4. The molecular weight excluding hydrogens is 296 g/mol. The van der Waals surface area contributed by atoms with Crippen molar-refractivity contribution in [2.45, 2.75) is 32.6 Å². The van der Waals surface area contributed by atoms with Crippen molar-refractivity contribution in [2.75, 3.05) is 14.2 Å². The van der Waals surface area contributed by atoms with E-state index in [1.54, 1.807) is 38.5 Å². The topological polar surface area (TPSA) is 76.7 Å². The molecular formula is C17H24N2O4. The lowest BCUT2D eigenvalue weighted by Gasteiger charge is -2.07. The van der Waals surface area contributed by atoms with Crippen LogP contribution in [-0.2, 0) is 9.59 Å². The maximum absolute atomic E-state index is 11.7. The summed E-state index contributed by atoms with van der Waals surface area (Å²) in [4.78, 5) is 23.1. The maximum atomic E-state index is 11.7. The summed E-state index contributed by atoms with van der Waals surface area (Å²) in [6.07, 6.45) is 6.25. The number of carbonyl (C=O) groups is 2. The molecule has 2 N–H and O–H groups in total. The highest BCUT2D eigenvalue weighted by Gasteiger charge is 2.04. The number of rotatable bonds is 8. The third-order valence-corrected chi connectivity index (χ3v) is 3.17. The fourth-order valence-corrected chi connectivity index (χ4v) is 1.90. The van der Waals surface area contributed by atoms with Crippen molar-refractivity contribution >= 4 is 17.9 Å². The zero-order valence-corrected chi connectivity index (χ0v) is 13.8. The van der Waals surface area contributed by atoms with Crippen LogP contribution < -0.4 is 20.3 Å². The molecule has 0 aliphatic heterocycles. The predicted octanol–water partition coefficient (Wildman–Crippen LogP) is 2.44. The number of unbranched alkanes of at least 4 members (excludes halogenated alkanes) is 2. The number of nitrogens with one attached hydrogen (secondary N) is 2. The van der Waals surface area contributed by atoms with Gasteiger partial charge in [-0.2, -0.15) is 0 Å². The number of amides is 2. The van der Waals surface area contributed by atoms with Crippen LogP contribution in [0.15, 0.2) is 24.3 Å². The van der Waals surface area contributed by atoms with E-state index in [0.29, 0.717) is 17.9 Å². The Morgan fingerprint density at radius 3 is 2.48 bits per heavy atom. The lowest BCUT2D eigenvalue weighted by atomic mass is 10.2. The van der Waals surface area contributed by atoms with Gasteiger partial charge in [-0.1, -0.05) is 25.8 Å². The molecule has 126 valence electrons. The van der Waals surface area contributed by atoms with Crippen LogP contribution >= 0.6 is 0 Å². The largest absolute Gasteiger partial charge is 0.493 e. The fraction of sp³-hybridized carbons (Fsp3) is 0.412. The SMILES string of the molecule is CCCCCC(=O)NNC(=O)C=Cc1ccc(OC)c(OC)c1. The van der Waals surface area contributed by atoms with Gasteiger partial charge in [-0.15, -0.1) is 0 Å². The standard InChI is InChI=1S/C17H24N2O4/c1-4-5-6-7-16(20)18-19-17(21)11-9-13-8-10-14(22-2)15(12-13)23-3/h8-12H,4-7H2,1-3H3,(H,18,20)(H,19,21). The highest BCUT2D eigenvalue weighted by atomic mass is 16.5. The Labute approximate surface area is 136 Å². The molecule has 0 unspecified atom stereocenters. The van der Waals surface area contributed by atoms with Crippen molar-refractivity contribution in [2.24, 2.45) is 0 Å². The van der Waals surface area contributed by atoms with E-state index in [4.69, 9.17) is 9.47 Å². The number of benzene rings is 1. The first-order valence-corrected chi connectivity index (χ1v) is 7.59. The minimum absolute atomic E-state index is 0.189. The molecule has 0 saturated carbocycles. The van der Waals surface area contributed by atoms with Gasteiger partial charge in [0.25, 0.3) is 5.91 Å². The van der Waals surface area contributed by atoms with Gasteiger partial charge in [-0.05, 0) is 30.2 Å². The van der Waals surface area contributed by atoms with Crippen LogP contribution in [0.3, 0.4) is 0 Å². The lowest BCUT2D eigenvalue weighted by molar-refractivity contribution is -0.126. The Morgan fingerprint density at radius 1 is 1.09 bits per heavy atom. The molecule has 0 heterocycles. The van der Waals surface area contributed by atoms with Gasteiger partial charge >= 0.3 is 0 Å². The number of hydrazine groups is 1. The average molecular weight is 320 g/mol. The van der Waals surface area contributed by atoms with Crippen molar-refractivity contribution in [3.05, 3.63) is 29.8 Å². The summed E-state index contributed by atoms with van der Waals surface area (Å²) in [5.41, 5.74) is 5.52. The van der Waals surface area contributed by atoms with E-state index in [1.165, 1.54) is 6.08 Å². The molecule has 1 rings (SSSR count). The van der Waals surface area contributed by atoms with Crippen molar-refractivity contribution in [3.8, 4) is 11.5 Å². The van der Waals surface area contributed by atoms with Crippen LogP contribution in [0.4, 0.5) is 0 Å². The van der Waals surface area contributed by atoms with Gasteiger partial charge in [-0.25, -0.2) is 0 Å². The molecule has 6 heteroatoms. The number of hydrogen-bond donors (Lipinski definition) is 2. The molecule has 1 aromatic rings. The predicted molar refractivity (Wildman–Crippen MR) is 89.0 cm³/mol. The second-order valence-electron chi connectivity index (χ2n) is 4.94. The van der Waals surface area contributed by atoms with Gasteiger partial charge in [0, 0.05) is 12.5 Å². The summed E-state index contributed by atoms with van der Waals surface area (Å²) < 4.78 is 10.3. The lowest BCUT2D eigenvalue weighted by Crippen LogP contribution is -2.40. The summed E-state index contributed by atoms with van der Waals surface area (Å²) in [5.74, 6) is 0.614. The molecule has 0 aliphatic rings. The minimum Gasteiger partial charge on any atom is -0.493 e. The average Bonchev–Trinajstić information content (AvgIpc) is 2.58. The van der Waals surface area contributed by atoms with E-state index in [1.807, 2.05) is 0 Å². The summed E-state index contributed by atoms with van der Waals surface area (Å²) in [6.45, 7) is 2.07. The third-order valence-electron chi connectivity index (χ3n) is 3.17. The first-order valence-electron chi connectivity index (χ1n) is 7.59. The van der Waals surface area contributed by atoms with Gasteiger partial charge in [0.2, 0.25) is 5.91 Å². The third kappa shape index (κ3) is 6.86. The molecule has 6 nitrogen and oxygen atoms in total. The highest BCUT2D eigenvalue weighted by Crippen LogP contribution is 2.27. The van der Waals surface area contributed by atoms with Crippen LogP contribution in [0.1, 0.15) is 38.2 Å². The Balaban J connectivity index is 2.47. The Hall–Kier alpha value is -2.50. The molecule has 0 fully saturated rings. The quantitative estimate of drug-likeness (QED) is 0.438. The second-order valence-corrected chi connectivity index (χ2v) is 4.94. The Bertz CT molecular complexity index is 556. The van der Waals surface area contributed by atoms with Gasteiger partial charge < -0.3 is 9.47 Å². The zero-order valence-electron chi connectivity index (χ0n) is 13.8. The van der Waals surface area contributed by atoms with E-state index in [2.05, 4.69) is 17.8 Å². The van der Waals surface area contributed by atoms with Gasteiger partial charge in [0.1, 0.15) is 0 Å². The number of ether oxygens (including phenoxy) is 2. The first-order chi connectivity index (χ1) is 11.1. The normalized spacial score (nSPS) is 10.4. The van der Waals surface area contributed by atoms with E-state index >= 15 is 0 Å². The van der Waals surface area contributed by atoms with Crippen molar-refractivity contribution < 1.29 is 19.1 Å². The monoisotopic (exact) mass is 320 g/mol. The van der Waals surface area contributed by atoms with Gasteiger partial charge in [0.15, 0.2) is 11.5 Å². The molecule has 2 amide bonds. The minimum atomic E-state index is -0.399. The molecule has 0 spiro atoms. The molecule has 0 bridgehead atoms. The van der Waals surface area contributed by atoms with Crippen molar-refractivity contribution in [1.82, 2.24) is 10.9 Å². The summed E-state index contributed by atoms with van der Waals surface area (Å²) in [5, 5.41) is 0. The highest BCUT2D eigenvalue weighted by molar-refractivity contribution is 5.93. The number of methoxy groups -OCH3 is 2. The zero-order chi connectivity index (χ0) is 17.1. The molecule has 0 aliphatic carbocycles. The van der Waals surface area contributed by atoms with E-state index < -0.39 is 5.91 Å². The first kappa shape index (κ1) is 18.5. The molecule has 0 aromatic heterocycles. The van der Waals surface area contributed by atoms with Crippen LogP contribution in [0.2, 0.25) is 0 Å². The molecule has 1 aromatic carbocycles. The number of carbonyl (C=O) groups excluding carboxylic acids is 2. The maximum Gasteiger partial charge on any atom is 0.262 e. The Kier molecular flexibility index (Phi) is 8.28. The molecule has 0 atom stereocenters. The van der Waals surface area contributed by atoms with Gasteiger partial charge in [-0.3, -0.25) is 20.4 Å². The van der Waals surface area contributed by atoms with Crippen molar-refractivity contribution in [3.63, 3.8) is 0 Å². The van der Waals surface area contributed by atoms with Crippen LogP contribution in [0, 0.1) is 0 Å². The van der Waals surface area contributed by atoms with Gasteiger partial charge in [0.05, 0.1) is 14.2 Å². The van der Waals surface area contributed by atoms with E-state index in [-0.39, 0.29) is 5.91 Å². The fourth-order valence-electron chi connectivity index (χ4n) is 1.90. The smallest absolute Gasteiger partial charge is 0.262 e. The Morgan fingerprint density at radius 2 is 1.83 bits per heavy atom. The molecule has 23 heavy (non-hydrogen) atoms. The molecule has 0 radical (unpaired) electrons. The summed E-state index contributed by atoms with van der Waals surface area (Å²) >= 11 is 0. The van der Waals surface area contributed by atoms with E-state index in [0.717, 1.165) is 24.8 Å². The van der Waals surface area contributed by atoms with Crippen LogP contribution in [0.5, 0.6) is 11.5 Å². The van der Waals surface area contributed by atoms with E-state index in [9.17, 15) is 9.59 Å². The summed E-state index contributed by atoms with van der Waals surface area (Å²) in [7, 11) is 3.11. The molecule has 0 saturated heterocycles. The van der Waals surface area contributed by atoms with Crippen molar-refractivity contribution in [1.29, 1.82) is 0 Å². The van der Waals surface area contributed by atoms with Crippen LogP contribution in [0.25, 0.3) is 6.08 Å². The second kappa shape index (κ2) is 10.3. The summed E-state index contributed by atoms with van der Waals surface area (Å²) in [6, 6.07) is 5.31.